The van der Waals surface area contributed by atoms with Crippen molar-refractivity contribution in [1.82, 2.24) is 24.9 Å². The molecule has 0 unspecified atom stereocenters. The van der Waals surface area contributed by atoms with E-state index in [2.05, 4.69) is 15.5 Å². The summed E-state index contributed by atoms with van der Waals surface area (Å²) in [6.07, 6.45) is 0.0299. The number of amides is 1. The molecule has 3 aromatic rings. The van der Waals surface area contributed by atoms with Crippen LogP contribution in [0.2, 0.25) is 0 Å². The molecule has 2 atom stereocenters. The second-order valence-corrected chi connectivity index (χ2v) is 7.66. The number of nitrogens with one attached hydrogen (secondary N) is 1. The number of rotatable bonds is 6. The number of alkyl halides is 3. The van der Waals surface area contributed by atoms with Crippen molar-refractivity contribution in [2.45, 2.75) is 38.6 Å². The van der Waals surface area contributed by atoms with Crippen molar-refractivity contribution in [2.24, 2.45) is 13.0 Å². The van der Waals surface area contributed by atoms with Crippen molar-refractivity contribution in [3.8, 4) is 16.9 Å². The molecule has 30 heavy (non-hydrogen) atoms. The molecule has 2 aromatic heterocycles. The normalized spacial score (nSPS) is 18.0. The standard InChI is InChI=1S/C20H22F3N5O2/c1-12(14-7-19(29)24-8-14)30-18-6-13(5-17-16(18)11-27(2)26-17)15-9-25-28(10-15)4-3-20(21,22)23/h5-6,9-12,14H,3-4,7-8H2,1-2H3,(H,24,29)/t12-,14-/m1/s1. The molecule has 0 radical (unpaired) electrons. The van der Waals surface area contributed by atoms with Gasteiger partial charge in [0.15, 0.2) is 0 Å². The Bertz CT molecular complexity index is 1070. The summed E-state index contributed by atoms with van der Waals surface area (Å²) in [6, 6.07) is 3.70. The molecule has 1 aromatic carbocycles. The Morgan fingerprint density at radius 3 is 2.80 bits per heavy atom. The summed E-state index contributed by atoms with van der Waals surface area (Å²) in [5.41, 5.74) is 2.14. The van der Waals surface area contributed by atoms with Crippen LogP contribution in [0.25, 0.3) is 22.0 Å². The summed E-state index contributed by atoms with van der Waals surface area (Å²) in [6.45, 7) is 2.26. The van der Waals surface area contributed by atoms with E-state index in [1.54, 1.807) is 10.9 Å². The van der Waals surface area contributed by atoms with Gasteiger partial charge in [-0.25, -0.2) is 0 Å². The maximum absolute atomic E-state index is 12.5. The molecule has 1 aliphatic heterocycles. The van der Waals surface area contributed by atoms with Crippen molar-refractivity contribution in [2.75, 3.05) is 6.54 Å². The molecule has 0 saturated carbocycles. The van der Waals surface area contributed by atoms with Gasteiger partial charge < -0.3 is 10.1 Å². The van der Waals surface area contributed by atoms with Crippen LogP contribution >= 0.6 is 0 Å². The van der Waals surface area contributed by atoms with Gasteiger partial charge in [-0.05, 0) is 24.6 Å². The van der Waals surface area contributed by atoms with Crippen LogP contribution in [-0.2, 0) is 18.4 Å². The number of fused-ring (bicyclic) bond motifs is 1. The Morgan fingerprint density at radius 2 is 2.10 bits per heavy atom. The number of hydrogen-bond acceptors (Lipinski definition) is 4. The highest BCUT2D eigenvalue weighted by atomic mass is 19.4. The van der Waals surface area contributed by atoms with E-state index >= 15 is 0 Å². The van der Waals surface area contributed by atoms with Gasteiger partial charge in [0, 0.05) is 50.4 Å². The lowest BCUT2D eigenvalue weighted by Gasteiger charge is -2.20. The van der Waals surface area contributed by atoms with E-state index in [0.717, 1.165) is 10.9 Å². The third-order valence-electron chi connectivity index (χ3n) is 5.28. The van der Waals surface area contributed by atoms with Crippen molar-refractivity contribution >= 4 is 16.8 Å². The fraction of sp³-hybridized carbons (Fsp3) is 0.450. The zero-order valence-electron chi connectivity index (χ0n) is 16.6. The fourth-order valence-corrected chi connectivity index (χ4v) is 3.61. The molecular weight excluding hydrogens is 399 g/mol. The third-order valence-corrected chi connectivity index (χ3v) is 5.28. The number of hydrogen-bond donors (Lipinski definition) is 1. The fourth-order valence-electron chi connectivity index (χ4n) is 3.61. The van der Waals surface area contributed by atoms with Gasteiger partial charge in [-0.1, -0.05) is 0 Å². The minimum atomic E-state index is -4.23. The van der Waals surface area contributed by atoms with Gasteiger partial charge >= 0.3 is 6.18 Å². The van der Waals surface area contributed by atoms with Crippen molar-refractivity contribution < 1.29 is 22.7 Å². The quantitative estimate of drug-likeness (QED) is 0.663. The van der Waals surface area contributed by atoms with E-state index in [4.69, 9.17) is 4.74 Å². The number of aromatic nitrogens is 4. The highest BCUT2D eigenvalue weighted by Crippen LogP contribution is 2.34. The van der Waals surface area contributed by atoms with Crippen LogP contribution in [0.3, 0.4) is 0 Å². The van der Waals surface area contributed by atoms with Crippen LogP contribution < -0.4 is 10.1 Å². The highest BCUT2D eigenvalue weighted by Gasteiger charge is 2.29. The predicted octanol–water partition coefficient (Wildman–Crippen LogP) is 3.29. The number of carbonyl (C=O) groups excluding carboxylic acids is 1. The molecule has 0 aliphatic carbocycles. The van der Waals surface area contributed by atoms with Crippen LogP contribution in [0.15, 0.2) is 30.7 Å². The van der Waals surface area contributed by atoms with Gasteiger partial charge in [0.05, 0.1) is 23.5 Å². The van der Waals surface area contributed by atoms with Crippen LogP contribution in [0, 0.1) is 5.92 Å². The second kappa shape index (κ2) is 7.66. The summed E-state index contributed by atoms with van der Waals surface area (Å²) in [5.74, 6) is 0.700. The monoisotopic (exact) mass is 421 g/mol. The van der Waals surface area contributed by atoms with Gasteiger partial charge in [0.25, 0.3) is 0 Å². The first-order valence-electron chi connectivity index (χ1n) is 9.68. The maximum atomic E-state index is 12.5. The van der Waals surface area contributed by atoms with E-state index in [1.165, 1.54) is 10.9 Å². The summed E-state index contributed by atoms with van der Waals surface area (Å²) < 4.78 is 46.6. The number of nitrogens with zero attached hydrogens (tertiary/aromatic N) is 4. The molecule has 0 spiro atoms. The summed E-state index contributed by atoms with van der Waals surface area (Å²) >= 11 is 0. The molecule has 10 heteroatoms. The Hall–Kier alpha value is -3.04. The Morgan fingerprint density at radius 1 is 1.30 bits per heavy atom. The summed E-state index contributed by atoms with van der Waals surface area (Å²) in [5, 5.41) is 12.1. The topological polar surface area (TPSA) is 74.0 Å². The van der Waals surface area contributed by atoms with Crippen LogP contribution in [0.4, 0.5) is 13.2 Å². The van der Waals surface area contributed by atoms with E-state index in [-0.39, 0.29) is 24.5 Å². The lowest BCUT2D eigenvalue weighted by Crippen LogP contribution is -2.25. The Labute approximate surface area is 170 Å². The van der Waals surface area contributed by atoms with Gasteiger partial charge in [-0.15, -0.1) is 0 Å². The minimum Gasteiger partial charge on any atom is -0.490 e. The van der Waals surface area contributed by atoms with E-state index in [9.17, 15) is 18.0 Å². The van der Waals surface area contributed by atoms with Gasteiger partial charge in [0.1, 0.15) is 11.9 Å². The molecule has 3 heterocycles. The molecule has 0 bridgehead atoms. The highest BCUT2D eigenvalue weighted by molar-refractivity contribution is 5.89. The summed E-state index contributed by atoms with van der Waals surface area (Å²) in [7, 11) is 1.81. The van der Waals surface area contributed by atoms with Gasteiger partial charge in [0.2, 0.25) is 5.91 Å². The molecule has 1 N–H and O–H groups in total. The molecule has 1 fully saturated rings. The lowest BCUT2D eigenvalue weighted by molar-refractivity contribution is -0.137. The van der Waals surface area contributed by atoms with Crippen molar-refractivity contribution in [3.63, 3.8) is 0 Å². The van der Waals surface area contributed by atoms with Crippen LogP contribution in [0.5, 0.6) is 5.75 Å². The number of ether oxygens (including phenoxy) is 1. The van der Waals surface area contributed by atoms with E-state index in [1.807, 2.05) is 32.3 Å². The maximum Gasteiger partial charge on any atom is 0.390 e. The predicted molar refractivity (Wildman–Crippen MR) is 104 cm³/mol. The molecular formula is C20H22F3N5O2. The zero-order chi connectivity index (χ0) is 21.5. The number of carbonyl (C=O) groups is 1. The molecule has 1 amide bonds. The molecule has 4 rings (SSSR count). The first-order chi connectivity index (χ1) is 14.2. The molecule has 160 valence electrons. The molecule has 1 saturated heterocycles. The van der Waals surface area contributed by atoms with Gasteiger partial charge in [-0.2, -0.15) is 23.4 Å². The van der Waals surface area contributed by atoms with Crippen LogP contribution in [-0.4, -0.2) is 44.3 Å². The molecule has 1 aliphatic rings. The average molecular weight is 421 g/mol. The van der Waals surface area contributed by atoms with E-state index in [0.29, 0.717) is 29.8 Å². The third kappa shape index (κ3) is 4.42. The number of halogens is 3. The first-order valence-corrected chi connectivity index (χ1v) is 9.68. The smallest absolute Gasteiger partial charge is 0.390 e. The number of aryl methyl sites for hydroxylation is 2. The lowest BCUT2D eigenvalue weighted by atomic mass is 10.0. The van der Waals surface area contributed by atoms with Crippen molar-refractivity contribution in [3.05, 3.63) is 30.7 Å². The Kier molecular flexibility index (Phi) is 5.17. The SMILES string of the molecule is C[C@@H](Oc1cc(-c2cnn(CCC(F)(F)F)c2)cc2nn(C)cc12)[C@H]1CNC(=O)C1. The minimum absolute atomic E-state index is 0.0157. The molecule has 7 nitrogen and oxygen atoms in total. The van der Waals surface area contributed by atoms with Crippen molar-refractivity contribution in [1.29, 1.82) is 0 Å². The van der Waals surface area contributed by atoms with E-state index < -0.39 is 12.6 Å². The summed E-state index contributed by atoms with van der Waals surface area (Å²) in [4.78, 5) is 11.5. The second-order valence-electron chi connectivity index (χ2n) is 7.66. The Balaban J connectivity index is 1.62. The largest absolute Gasteiger partial charge is 0.490 e. The number of benzene rings is 1. The zero-order valence-corrected chi connectivity index (χ0v) is 16.6. The van der Waals surface area contributed by atoms with Crippen LogP contribution in [0.1, 0.15) is 19.8 Å². The van der Waals surface area contributed by atoms with Gasteiger partial charge in [-0.3, -0.25) is 14.2 Å². The first kappa shape index (κ1) is 20.2. The average Bonchev–Trinajstić information content (AvgIpc) is 3.38.